The molecular weight excluding hydrogens is 488 g/mol. The molecule has 2 aromatic heterocycles. The number of carbonyl (C=O) groups excluding carboxylic acids is 1. The van der Waals surface area contributed by atoms with Gasteiger partial charge in [0.15, 0.2) is 5.76 Å². The van der Waals surface area contributed by atoms with Crippen molar-refractivity contribution in [2.45, 2.75) is 19.3 Å². The number of hydrogen-bond acceptors (Lipinski definition) is 6. The van der Waals surface area contributed by atoms with Crippen LogP contribution in [-0.2, 0) is 6.42 Å². The van der Waals surface area contributed by atoms with E-state index in [9.17, 15) is 10.1 Å². The molecule has 0 spiro atoms. The molecule has 8 heteroatoms. The van der Waals surface area contributed by atoms with Crippen LogP contribution in [0.15, 0.2) is 52.9 Å². The molecule has 0 radical (unpaired) electrons. The van der Waals surface area contributed by atoms with Crippen LogP contribution >= 0.6 is 0 Å². The number of aromatic nitrogens is 1. The number of para-hydroxylation sites is 1. The van der Waals surface area contributed by atoms with Crippen LogP contribution in [0.5, 0.6) is 0 Å². The topological polar surface area (TPSA) is 82.8 Å². The Hall–Kier alpha value is -3.80. The average Bonchev–Trinajstić information content (AvgIpc) is 3.56. The molecule has 2 aliphatic rings. The lowest BCUT2D eigenvalue weighted by Crippen LogP contribution is -2.47. The van der Waals surface area contributed by atoms with Gasteiger partial charge in [-0.1, -0.05) is 18.2 Å². The highest BCUT2D eigenvalue weighted by Crippen LogP contribution is 2.27. The minimum Gasteiger partial charge on any atom is -0.451 e. The number of piperazine rings is 2. The zero-order chi connectivity index (χ0) is 26.8. The lowest BCUT2D eigenvalue weighted by atomic mass is 10.0. The molecule has 2 aliphatic heterocycles. The summed E-state index contributed by atoms with van der Waals surface area (Å²) in [6, 6.07) is 18.7. The zero-order valence-corrected chi connectivity index (χ0v) is 22.7. The quantitative estimate of drug-likeness (QED) is 0.363. The summed E-state index contributed by atoms with van der Waals surface area (Å²) in [6.07, 6.45) is 3.12. The summed E-state index contributed by atoms with van der Waals surface area (Å²) in [5, 5.41) is 11.7. The first-order valence-corrected chi connectivity index (χ1v) is 14.1. The van der Waals surface area contributed by atoms with Gasteiger partial charge >= 0.3 is 0 Å². The monoisotopic (exact) mass is 524 g/mol. The molecule has 0 bridgehead atoms. The van der Waals surface area contributed by atoms with Crippen LogP contribution in [0.25, 0.3) is 21.9 Å². The third kappa shape index (κ3) is 5.38. The number of benzene rings is 2. The Morgan fingerprint density at radius 2 is 1.77 bits per heavy atom. The average molecular weight is 525 g/mol. The summed E-state index contributed by atoms with van der Waals surface area (Å²) >= 11 is 0. The summed E-state index contributed by atoms with van der Waals surface area (Å²) in [5.41, 5.74) is 4.86. The van der Waals surface area contributed by atoms with Gasteiger partial charge in [0, 0.05) is 74.3 Å². The second kappa shape index (κ2) is 11.1. The Morgan fingerprint density at radius 3 is 2.56 bits per heavy atom. The molecule has 0 unspecified atom stereocenters. The van der Waals surface area contributed by atoms with Crippen LogP contribution in [0.2, 0.25) is 0 Å². The van der Waals surface area contributed by atoms with Crippen LogP contribution < -0.4 is 4.90 Å². The van der Waals surface area contributed by atoms with Crippen molar-refractivity contribution < 1.29 is 9.21 Å². The number of H-pyrrole nitrogens is 1. The third-order valence-corrected chi connectivity index (χ3v) is 8.32. The standard InChI is InChI=1S/C31H36N6O2/c1-34-12-16-37(17-13-34)31(38)30-21-23-20-24(9-10-29(23)39-30)36-18-14-35(15-19-36)11-5-4-7-26-25-6-2-3-8-27(25)33-28(26)22-32/h2-3,6,8-10,20-21,33H,4-5,7,11-19H2,1H3. The van der Waals surface area contributed by atoms with Crippen molar-refractivity contribution in [2.24, 2.45) is 0 Å². The van der Waals surface area contributed by atoms with Gasteiger partial charge < -0.3 is 24.1 Å². The highest BCUT2D eigenvalue weighted by Gasteiger charge is 2.24. The van der Waals surface area contributed by atoms with Gasteiger partial charge in [0.05, 0.1) is 0 Å². The lowest BCUT2D eigenvalue weighted by Gasteiger charge is -2.36. The van der Waals surface area contributed by atoms with Crippen LogP contribution in [0, 0.1) is 11.3 Å². The van der Waals surface area contributed by atoms with E-state index >= 15 is 0 Å². The van der Waals surface area contributed by atoms with Crippen molar-refractivity contribution in [2.75, 3.05) is 70.9 Å². The molecule has 6 rings (SSSR count). The van der Waals surface area contributed by atoms with E-state index in [-0.39, 0.29) is 5.91 Å². The highest BCUT2D eigenvalue weighted by atomic mass is 16.3. The number of anilines is 1. The Kier molecular flexibility index (Phi) is 7.27. The highest BCUT2D eigenvalue weighted by molar-refractivity contribution is 5.96. The minimum absolute atomic E-state index is 0.0111. The molecule has 8 nitrogen and oxygen atoms in total. The molecule has 4 aromatic rings. The predicted octanol–water partition coefficient (Wildman–Crippen LogP) is 4.32. The SMILES string of the molecule is CN1CCN(C(=O)c2cc3cc(N4CCN(CCCCc5c(C#N)[nH]c6ccccc56)CC4)ccc3o2)CC1. The number of nitrogens with one attached hydrogen (secondary N) is 1. The van der Waals surface area contributed by atoms with Gasteiger partial charge in [0.2, 0.25) is 0 Å². The van der Waals surface area contributed by atoms with E-state index in [1.165, 1.54) is 11.1 Å². The number of rotatable bonds is 7. The Bertz CT molecular complexity index is 1500. The zero-order valence-electron chi connectivity index (χ0n) is 22.7. The number of fused-ring (bicyclic) bond motifs is 2. The normalized spacial score (nSPS) is 17.2. The third-order valence-electron chi connectivity index (χ3n) is 8.32. The Balaban J connectivity index is 1.00. The second-order valence-electron chi connectivity index (χ2n) is 10.8. The number of aryl methyl sites for hydroxylation is 1. The number of unbranched alkanes of at least 4 members (excludes halogenated alkanes) is 1. The maximum atomic E-state index is 12.9. The molecule has 1 amide bonds. The summed E-state index contributed by atoms with van der Waals surface area (Å²) < 4.78 is 5.94. The molecule has 2 fully saturated rings. The van der Waals surface area contributed by atoms with Crippen molar-refractivity contribution in [1.29, 1.82) is 5.26 Å². The molecule has 0 saturated carbocycles. The van der Waals surface area contributed by atoms with Gasteiger partial charge in [0.1, 0.15) is 17.3 Å². The predicted molar refractivity (Wildman–Crippen MR) is 154 cm³/mol. The number of nitriles is 1. The van der Waals surface area contributed by atoms with Gasteiger partial charge in [-0.3, -0.25) is 9.69 Å². The smallest absolute Gasteiger partial charge is 0.289 e. The van der Waals surface area contributed by atoms with Crippen LogP contribution in [0.4, 0.5) is 5.69 Å². The number of carbonyl (C=O) groups is 1. The van der Waals surface area contributed by atoms with Crippen molar-refractivity contribution in [3.8, 4) is 6.07 Å². The molecule has 39 heavy (non-hydrogen) atoms. The van der Waals surface area contributed by atoms with E-state index in [1.807, 2.05) is 35.2 Å². The van der Waals surface area contributed by atoms with Crippen molar-refractivity contribution in [3.05, 3.63) is 65.5 Å². The summed E-state index contributed by atoms with van der Waals surface area (Å²) in [4.78, 5) is 25.3. The molecule has 2 aromatic carbocycles. The van der Waals surface area contributed by atoms with E-state index < -0.39 is 0 Å². The van der Waals surface area contributed by atoms with Crippen LogP contribution in [0.3, 0.4) is 0 Å². The maximum Gasteiger partial charge on any atom is 0.289 e. The number of furan rings is 1. The van der Waals surface area contributed by atoms with Gasteiger partial charge in [-0.2, -0.15) is 5.26 Å². The summed E-state index contributed by atoms with van der Waals surface area (Å²) in [7, 11) is 2.09. The fourth-order valence-corrected chi connectivity index (χ4v) is 5.92. The largest absolute Gasteiger partial charge is 0.451 e. The molecule has 4 heterocycles. The van der Waals surface area contributed by atoms with Gasteiger partial charge in [-0.15, -0.1) is 0 Å². The summed E-state index contributed by atoms with van der Waals surface area (Å²) in [5.74, 6) is 0.425. The molecular formula is C31H36N6O2. The van der Waals surface area contributed by atoms with Crippen molar-refractivity contribution in [3.63, 3.8) is 0 Å². The van der Waals surface area contributed by atoms with Crippen LogP contribution in [0.1, 0.15) is 34.7 Å². The molecule has 0 aliphatic carbocycles. The lowest BCUT2D eigenvalue weighted by molar-refractivity contribution is 0.0635. The van der Waals surface area contributed by atoms with E-state index in [0.29, 0.717) is 11.5 Å². The number of likely N-dealkylation sites (N-methyl/N-ethyl adjacent to an activating group) is 1. The van der Waals surface area contributed by atoms with Gasteiger partial charge in [-0.05, 0) is 68.8 Å². The molecule has 0 atom stereocenters. The van der Waals surface area contributed by atoms with Gasteiger partial charge in [0.25, 0.3) is 5.91 Å². The Labute approximate surface area is 229 Å². The number of hydrogen-bond donors (Lipinski definition) is 1. The second-order valence-corrected chi connectivity index (χ2v) is 10.8. The number of amides is 1. The van der Waals surface area contributed by atoms with E-state index in [0.717, 1.165) is 100 Å². The fourth-order valence-electron chi connectivity index (χ4n) is 5.92. The summed E-state index contributed by atoms with van der Waals surface area (Å²) in [6.45, 7) is 8.39. The van der Waals surface area contributed by atoms with Crippen molar-refractivity contribution in [1.82, 2.24) is 19.7 Å². The fraction of sp³-hybridized carbons (Fsp3) is 0.419. The van der Waals surface area contributed by atoms with E-state index in [2.05, 4.69) is 51.0 Å². The Morgan fingerprint density at radius 1 is 0.974 bits per heavy atom. The molecule has 202 valence electrons. The first-order chi connectivity index (χ1) is 19.1. The number of aromatic amines is 1. The maximum absolute atomic E-state index is 12.9. The van der Waals surface area contributed by atoms with Crippen LogP contribution in [-0.4, -0.2) is 91.5 Å². The van der Waals surface area contributed by atoms with Crippen molar-refractivity contribution >= 4 is 33.5 Å². The van der Waals surface area contributed by atoms with Gasteiger partial charge in [-0.25, -0.2) is 0 Å². The molecule has 1 N–H and O–H groups in total. The first-order valence-electron chi connectivity index (χ1n) is 14.1. The number of nitrogens with zero attached hydrogens (tertiary/aromatic N) is 5. The van der Waals surface area contributed by atoms with E-state index in [1.54, 1.807) is 0 Å². The van der Waals surface area contributed by atoms with E-state index in [4.69, 9.17) is 4.42 Å². The molecule has 2 saturated heterocycles. The minimum atomic E-state index is -0.0111. The first kappa shape index (κ1) is 25.5.